The van der Waals surface area contributed by atoms with E-state index in [0.717, 1.165) is 32.1 Å². The number of rotatable bonds is 7. The molecule has 0 aromatic carbocycles. The minimum atomic E-state index is -2.23. The van der Waals surface area contributed by atoms with Crippen molar-refractivity contribution in [2.75, 3.05) is 24.3 Å². The molecule has 0 spiro atoms. The van der Waals surface area contributed by atoms with Gasteiger partial charge in [-0.25, -0.2) is 9.37 Å². The SMILES string of the molecule is CCC(=O)Nc1nc(NC)c2ncn([C@@H]3O[C@H](COC(=O)C4CCCCC4)[C@@H](O)[C@@]3(C)F)c2n1. The number of amides is 1. The van der Waals surface area contributed by atoms with Crippen molar-refractivity contribution in [1.82, 2.24) is 19.5 Å². The van der Waals surface area contributed by atoms with Crippen molar-refractivity contribution in [1.29, 1.82) is 0 Å². The number of imidazole rings is 1. The fourth-order valence-electron chi connectivity index (χ4n) is 4.50. The topological polar surface area (TPSA) is 140 Å². The summed E-state index contributed by atoms with van der Waals surface area (Å²) in [5.74, 6) is -0.411. The Balaban J connectivity index is 1.56. The average molecular weight is 479 g/mol. The molecule has 4 atom stereocenters. The van der Waals surface area contributed by atoms with Crippen LogP contribution < -0.4 is 10.6 Å². The number of aromatic nitrogens is 4. The maximum absolute atomic E-state index is 15.7. The largest absolute Gasteiger partial charge is 0.463 e. The van der Waals surface area contributed by atoms with Crippen molar-refractivity contribution in [2.24, 2.45) is 5.92 Å². The number of aliphatic hydroxyl groups is 1. The Morgan fingerprint density at radius 3 is 2.74 bits per heavy atom. The lowest BCUT2D eigenvalue weighted by molar-refractivity contribution is -0.156. The maximum Gasteiger partial charge on any atom is 0.309 e. The first-order valence-electron chi connectivity index (χ1n) is 11.7. The third-order valence-corrected chi connectivity index (χ3v) is 6.53. The number of alkyl halides is 1. The summed E-state index contributed by atoms with van der Waals surface area (Å²) < 4.78 is 28.3. The summed E-state index contributed by atoms with van der Waals surface area (Å²) in [6.45, 7) is 2.66. The van der Waals surface area contributed by atoms with Gasteiger partial charge in [0.2, 0.25) is 11.9 Å². The van der Waals surface area contributed by atoms with Gasteiger partial charge in [0.05, 0.1) is 12.2 Å². The van der Waals surface area contributed by atoms with Crippen molar-refractivity contribution >= 4 is 34.8 Å². The van der Waals surface area contributed by atoms with Gasteiger partial charge >= 0.3 is 5.97 Å². The van der Waals surface area contributed by atoms with Crippen LogP contribution in [0.25, 0.3) is 11.2 Å². The fraction of sp³-hybridized carbons (Fsp3) is 0.682. The average Bonchev–Trinajstić information content (AvgIpc) is 3.35. The predicted octanol–water partition coefficient (Wildman–Crippen LogP) is 2.33. The van der Waals surface area contributed by atoms with Gasteiger partial charge in [0.25, 0.3) is 0 Å². The van der Waals surface area contributed by atoms with Crippen LogP contribution in [0, 0.1) is 5.92 Å². The molecule has 3 N–H and O–H groups in total. The van der Waals surface area contributed by atoms with E-state index in [1.807, 2.05) is 0 Å². The van der Waals surface area contributed by atoms with Gasteiger partial charge in [0.15, 0.2) is 28.9 Å². The Morgan fingerprint density at radius 2 is 2.06 bits per heavy atom. The number of carbonyl (C=O) groups is 2. The Labute approximate surface area is 196 Å². The first-order chi connectivity index (χ1) is 16.3. The van der Waals surface area contributed by atoms with E-state index in [2.05, 4.69) is 25.6 Å². The third kappa shape index (κ3) is 4.56. The smallest absolute Gasteiger partial charge is 0.309 e. The molecular formula is C22H31FN6O5. The lowest BCUT2D eigenvalue weighted by Crippen LogP contribution is -2.41. The number of carbonyl (C=O) groups excluding carboxylic acids is 2. The van der Waals surface area contributed by atoms with E-state index >= 15 is 4.39 Å². The van der Waals surface area contributed by atoms with E-state index < -0.39 is 24.1 Å². The monoisotopic (exact) mass is 478 g/mol. The van der Waals surface area contributed by atoms with E-state index in [1.54, 1.807) is 14.0 Å². The predicted molar refractivity (Wildman–Crippen MR) is 121 cm³/mol. The lowest BCUT2D eigenvalue weighted by atomic mass is 9.89. The summed E-state index contributed by atoms with van der Waals surface area (Å²) in [6, 6.07) is 0. The first-order valence-corrected chi connectivity index (χ1v) is 11.7. The maximum atomic E-state index is 15.7. The van der Waals surface area contributed by atoms with E-state index in [0.29, 0.717) is 11.3 Å². The van der Waals surface area contributed by atoms with Gasteiger partial charge in [-0.2, -0.15) is 9.97 Å². The zero-order valence-corrected chi connectivity index (χ0v) is 19.6. The molecule has 0 bridgehead atoms. The van der Waals surface area contributed by atoms with Crippen LogP contribution in [0.3, 0.4) is 0 Å². The van der Waals surface area contributed by atoms with Crippen molar-refractivity contribution in [3.05, 3.63) is 6.33 Å². The summed E-state index contributed by atoms with van der Waals surface area (Å²) in [5.41, 5.74) is -1.67. The zero-order valence-electron chi connectivity index (χ0n) is 19.6. The fourth-order valence-corrected chi connectivity index (χ4v) is 4.50. The van der Waals surface area contributed by atoms with Gasteiger partial charge in [-0.3, -0.25) is 19.5 Å². The van der Waals surface area contributed by atoms with Crippen molar-refractivity contribution < 1.29 is 28.6 Å². The Morgan fingerprint density at radius 1 is 1.32 bits per heavy atom. The molecule has 11 nitrogen and oxygen atoms in total. The van der Waals surface area contributed by atoms with Gasteiger partial charge < -0.3 is 19.9 Å². The summed E-state index contributed by atoms with van der Waals surface area (Å²) in [5, 5.41) is 16.1. The molecule has 12 heteroatoms. The number of nitrogens with zero attached hydrogens (tertiary/aromatic N) is 4. The molecule has 2 fully saturated rings. The number of hydrogen-bond donors (Lipinski definition) is 3. The van der Waals surface area contributed by atoms with Crippen LogP contribution in [0.4, 0.5) is 16.2 Å². The molecule has 1 saturated carbocycles. The highest BCUT2D eigenvalue weighted by Crippen LogP contribution is 2.43. The van der Waals surface area contributed by atoms with Crippen LogP contribution in [0.1, 0.15) is 58.6 Å². The number of esters is 1. The van der Waals surface area contributed by atoms with Crippen molar-refractivity contribution in [3.63, 3.8) is 0 Å². The molecule has 2 aromatic heterocycles. The Bertz CT molecular complexity index is 1050. The highest BCUT2D eigenvalue weighted by Gasteiger charge is 2.55. The second-order valence-corrected chi connectivity index (χ2v) is 8.96. The first kappa shape index (κ1) is 24.3. The Kier molecular flexibility index (Phi) is 6.99. The number of anilines is 2. The molecule has 3 heterocycles. The van der Waals surface area contributed by atoms with Crippen LogP contribution in [-0.4, -0.2) is 68.0 Å². The lowest BCUT2D eigenvalue weighted by Gasteiger charge is -2.24. The van der Waals surface area contributed by atoms with Crippen LogP contribution in [-0.2, 0) is 19.1 Å². The zero-order chi connectivity index (χ0) is 24.5. The standard InChI is InChI=1S/C22H31FN6O5/c1-4-14(30)26-21-27-17(24-3)15-18(28-21)29(11-25-15)20-22(2,23)16(31)13(34-20)10-33-19(32)12-8-6-5-7-9-12/h11-13,16,20,31H,4-10H2,1-3H3,(H2,24,26,27,28,30)/t13-,16-,20-,22-/m1/s1. The highest BCUT2D eigenvalue weighted by atomic mass is 19.1. The minimum absolute atomic E-state index is 0.0301. The highest BCUT2D eigenvalue weighted by molar-refractivity contribution is 5.91. The molecule has 1 aliphatic heterocycles. The summed E-state index contributed by atoms with van der Waals surface area (Å²) >= 11 is 0. The molecular weight excluding hydrogens is 447 g/mol. The molecule has 1 aliphatic carbocycles. The molecule has 4 rings (SSSR count). The quantitative estimate of drug-likeness (QED) is 0.511. The van der Waals surface area contributed by atoms with E-state index in [1.165, 1.54) is 17.8 Å². The second-order valence-electron chi connectivity index (χ2n) is 8.96. The Hall–Kier alpha value is -2.86. The molecule has 186 valence electrons. The van der Waals surface area contributed by atoms with Crippen molar-refractivity contribution in [2.45, 2.75) is 76.5 Å². The molecule has 0 unspecified atom stereocenters. The molecule has 0 radical (unpaired) electrons. The summed E-state index contributed by atoms with van der Waals surface area (Å²) in [4.78, 5) is 37.1. The third-order valence-electron chi connectivity index (χ3n) is 6.53. The van der Waals surface area contributed by atoms with Gasteiger partial charge in [0, 0.05) is 13.5 Å². The van der Waals surface area contributed by atoms with Gasteiger partial charge in [-0.05, 0) is 19.8 Å². The number of nitrogens with one attached hydrogen (secondary N) is 2. The molecule has 2 aromatic rings. The van der Waals surface area contributed by atoms with Crippen LogP contribution in [0.15, 0.2) is 6.33 Å². The minimum Gasteiger partial charge on any atom is -0.463 e. The number of aliphatic hydroxyl groups excluding tert-OH is 1. The van der Waals surface area contributed by atoms with Gasteiger partial charge in [-0.1, -0.05) is 26.2 Å². The molecule has 34 heavy (non-hydrogen) atoms. The number of hydrogen-bond acceptors (Lipinski definition) is 9. The van der Waals surface area contributed by atoms with E-state index in [-0.39, 0.29) is 42.4 Å². The van der Waals surface area contributed by atoms with E-state index in [9.17, 15) is 14.7 Å². The van der Waals surface area contributed by atoms with Crippen molar-refractivity contribution in [3.8, 4) is 0 Å². The molecule has 1 saturated heterocycles. The number of ether oxygens (including phenoxy) is 2. The number of fused-ring (bicyclic) bond motifs is 1. The summed E-state index contributed by atoms with van der Waals surface area (Å²) in [7, 11) is 1.64. The molecule has 2 aliphatic rings. The van der Waals surface area contributed by atoms with Crippen LogP contribution in [0.2, 0.25) is 0 Å². The van der Waals surface area contributed by atoms with Gasteiger partial charge in [-0.15, -0.1) is 0 Å². The normalized spacial score (nSPS) is 27.6. The summed E-state index contributed by atoms with van der Waals surface area (Å²) in [6.07, 6.45) is 2.32. The van der Waals surface area contributed by atoms with Crippen LogP contribution >= 0.6 is 0 Å². The number of halogens is 1. The second kappa shape index (κ2) is 9.79. The van der Waals surface area contributed by atoms with Crippen LogP contribution in [0.5, 0.6) is 0 Å². The van der Waals surface area contributed by atoms with Gasteiger partial charge in [0.1, 0.15) is 18.8 Å². The molecule has 1 amide bonds. The van der Waals surface area contributed by atoms with E-state index in [4.69, 9.17) is 9.47 Å².